The minimum Gasteiger partial charge on any atom is -0.478 e. The normalized spacial score (nSPS) is 17.0. The van der Waals surface area contributed by atoms with Gasteiger partial charge in [-0.3, -0.25) is 9.69 Å². The van der Waals surface area contributed by atoms with E-state index < -0.39 is 11.9 Å². The van der Waals surface area contributed by atoms with Crippen molar-refractivity contribution in [3.63, 3.8) is 0 Å². The highest BCUT2D eigenvalue weighted by Gasteiger charge is 2.24. The smallest absolute Gasteiger partial charge is 0.328 e. The van der Waals surface area contributed by atoms with Crippen LogP contribution in [0.15, 0.2) is 60.7 Å². The van der Waals surface area contributed by atoms with Gasteiger partial charge >= 0.3 is 11.9 Å². The largest absolute Gasteiger partial charge is 0.478 e. The molecule has 2 aliphatic rings. The first-order chi connectivity index (χ1) is 16.4. The molecule has 0 saturated carbocycles. The lowest BCUT2D eigenvalue weighted by Gasteiger charge is -2.33. The van der Waals surface area contributed by atoms with E-state index in [1.165, 1.54) is 5.56 Å². The Bertz CT molecular complexity index is 1010. The first kappa shape index (κ1) is 24.7. The number of hydrogen-bond donors (Lipinski definition) is 3. The molecule has 3 N–H and O–H groups in total. The van der Waals surface area contributed by atoms with Crippen molar-refractivity contribution in [1.82, 2.24) is 10.2 Å². The van der Waals surface area contributed by atoms with E-state index >= 15 is 0 Å². The second-order valence-electron chi connectivity index (χ2n) is 7.47. The first-order valence-corrected chi connectivity index (χ1v) is 10.6. The van der Waals surface area contributed by atoms with Gasteiger partial charge in [-0.05, 0) is 17.7 Å². The Balaban J connectivity index is 0.000000350. The maximum atomic E-state index is 12.5. The van der Waals surface area contributed by atoms with E-state index in [0.29, 0.717) is 42.4 Å². The summed E-state index contributed by atoms with van der Waals surface area (Å²) in [6.45, 7) is 3.88. The fourth-order valence-corrected chi connectivity index (χ4v) is 3.44. The molecule has 1 atom stereocenters. The van der Waals surface area contributed by atoms with Crippen LogP contribution in [0.5, 0.6) is 11.5 Å². The van der Waals surface area contributed by atoms with Gasteiger partial charge in [-0.2, -0.15) is 0 Å². The molecule has 1 saturated heterocycles. The summed E-state index contributed by atoms with van der Waals surface area (Å²) in [5.41, 5.74) is 1.78. The zero-order valence-electron chi connectivity index (χ0n) is 18.4. The van der Waals surface area contributed by atoms with Crippen LogP contribution in [0.25, 0.3) is 0 Å². The topological polar surface area (TPSA) is 135 Å². The van der Waals surface area contributed by atoms with Gasteiger partial charge in [0.15, 0.2) is 11.5 Å². The number of ether oxygens (including phenoxy) is 3. The van der Waals surface area contributed by atoms with Gasteiger partial charge in [-0.15, -0.1) is 0 Å². The molecular weight excluding hydrogens is 444 g/mol. The number of hydrogen-bond acceptors (Lipinski definition) is 7. The van der Waals surface area contributed by atoms with Crippen molar-refractivity contribution in [2.24, 2.45) is 0 Å². The third-order valence-corrected chi connectivity index (χ3v) is 4.97. The van der Waals surface area contributed by atoms with Gasteiger partial charge in [0.1, 0.15) is 0 Å². The Morgan fingerprint density at radius 3 is 2.44 bits per heavy atom. The van der Waals surface area contributed by atoms with Crippen LogP contribution in [0.4, 0.5) is 0 Å². The fourth-order valence-electron chi connectivity index (χ4n) is 3.44. The van der Waals surface area contributed by atoms with Crippen molar-refractivity contribution < 1.29 is 38.8 Å². The van der Waals surface area contributed by atoms with Crippen molar-refractivity contribution >= 4 is 17.8 Å². The van der Waals surface area contributed by atoms with Crippen LogP contribution < -0.4 is 14.8 Å². The van der Waals surface area contributed by atoms with E-state index in [2.05, 4.69) is 34.5 Å². The molecule has 2 aliphatic heterocycles. The molecule has 1 amide bonds. The standard InChI is InChI=1S/C20H22N2O4.C4H4O4/c23-20(17-7-4-8-18-19(17)26-14-25-18)21-11-16-13-22(9-10-24-16)12-15-5-2-1-3-6-15;5-3(6)1-2-4(7)8/h1-8,16H,9-14H2,(H,21,23);1-2H,(H,5,6)(H,7,8)/b;2-1+. The molecule has 1 unspecified atom stereocenters. The van der Waals surface area contributed by atoms with Crippen molar-refractivity contribution in [2.75, 3.05) is 33.0 Å². The summed E-state index contributed by atoms with van der Waals surface area (Å²) in [6.07, 6.45) is 1.09. The molecular formula is C24H26N2O8. The highest BCUT2D eigenvalue weighted by Crippen LogP contribution is 2.35. The maximum absolute atomic E-state index is 12.5. The summed E-state index contributed by atoms with van der Waals surface area (Å²) in [7, 11) is 0. The van der Waals surface area contributed by atoms with Crippen LogP contribution in [-0.2, 0) is 20.9 Å². The number of rotatable bonds is 7. The zero-order valence-corrected chi connectivity index (χ0v) is 18.4. The van der Waals surface area contributed by atoms with Gasteiger partial charge < -0.3 is 29.7 Å². The third-order valence-electron chi connectivity index (χ3n) is 4.97. The molecule has 0 radical (unpaired) electrons. The Hall–Kier alpha value is -3.89. The molecule has 0 spiro atoms. The molecule has 0 aliphatic carbocycles. The zero-order chi connectivity index (χ0) is 24.3. The number of benzene rings is 2. The minimum atomic E-state index is -1.26. The van der Waals surface area contributed by atoms with Gasteiger partial charge in [0.05, 0.1) is 18.3 Å². The number of morpholine rings is 1. The van der Waals surface area contributed by atoms with Crippen molar-refractivity contribution in [1.29, 1.82) is 0 Å². The highest BCUT2D eigenvalue weighted by molar-refractivity contribution is 5.98. The average molecular weight is 470 g/mol. The molecule has 2 aromatic carbocycles. The van der Waals surface area contributed by atoms with Gasteiger partial charge in [-0.25, -0.2) is 9.59 Å². The molecule has 2 aromatic rings. The summed E-state index contributed by atoms with van der Waals surface area (Å²) in [4.78, 5) is 34.0. The molecule has 10 heteroatoms. The predicted molar refractivity (Wildman–Crippen MR) is 121 cm³/mol. The minimum absolute atomic E-state index is 0.0228. The van der Waals surface area contributed by atoms with Gasteiger partial charge in [-0.1, -0.05) is 36.4 Å². The lowest BCUT2D eigenvalue weighted by Crippen LogP contribution is -2.47. The molecule has 2 heterocycles. The Morgan fingerprint density at radius 1 is 1.00 bits per heavy atom. The number of amides is 1. The number of nitrogens with one attached hydrogen (secondary N) is 1. The second kappa shape index (κ2) is 12.4. The number of aliphatic carboxylic acids is 2. The molecule has 0 aromatic heterocycles. The number of carboxylic acid groups (broad SMARTS) is 2. The number of para-hydroxylation sites is 1. The molecule has 34 heavy (non-hydrogen) atoms. The van der Waals surface area contributed by atoms with Crippen molar-refractivity contribution in [3.05, 3.63) is 71.8 Å². The quantitative estimate of drug-likeness (QED) is 0.517. The van der Waals surface area contributed by atoms with Crippen LogP contribution in [0.3, 0.4) is 0 Å². The summed E-state index contributed by atoms with van der Waals surface area (Å²) in [6, 6.07) is 15.7. The Kier molecular flexibility index (Phi) is 9.01. The molecule has 180 valence electrons. The summed E-state index contributed by atoms with van der Waals surface area (Å²) >= 11 is 0. The van der Waals surface area contributed by atoms with E-state index in [9.17, 15) is 14.4 Å². The van der Waals surface area contributed by atoms with Crippen molar-refractivity contribution in [2.45, 2.75) is 12.6 Å². The number of fused-ring (bicyclic) bond motifs is 1. The SMILES string of the molecule is O=C(NCC1CN(Cc2ccccc2)CCO1)c1cccc2c1OCO2.O=C(O)/C=C/C(=O)O. The lowest BCUT2D eigenvalue weighted by atomic mass is 10.1. The third kappa shape index (κ3) is 7.61. The molecule has 1 fully saturated rings. The Labute approximate surface area is 196 Å². The van der Waals surface area contributed by atoms with Crippen LogP contribution >= 0.6 is 0 Å². The molecule has 0 bridgehead atoms. The number of nitrogens with zero attached hydrogens (tertiary/aromatic N) is 1. The number of carbonyl (C=O) groups excluding carboxylic acids is 1. The van der Waals surface area contributed by atoms with Crippen LogP contribution in [-0.4, -0.2) is 72.1 Å². The molecule has 10 nitrogen and oxygen atoms in total. The van der Waals surface area contributed by atoms with Gasteiger partial charge in [0, 0.05) is 38.3 Å². The van der Waals surface area contributed by atoms with Gasteiger partial charge in [0.25, 0.3) is 5.91 Å². The lowest BCUT2D eigenvalue weighted by molar-refractivity contribution is -0.134. The molecule has 4 rings (SSSR count). The van der Waals surface area contributed by atoms with E-state index in [1.807, 2.05) is 6.07 Å². The summed E-state index contributed by atoms with van der Waals surface area (Å²) < 4.78 is 16.5. The average Bonchev–Trinajstić information content (AvgIpc) is 3.32. The Morgan fingerprint density at radius 2 is 1.74 bits per heavy atom. The number of carbonyl (C=O) groups is 3. The second-order valence-corrected chi connectivity index (χ2v) is 7.47. The van der Waals surface area contributed by atoms with Crippen molar-refractivity contribution in [3.8, 4) is 11.5 Å². The van der Waals surface area contributed by atoms with Crippen LogP contribution in [0.2, 0.25) is 0 Å². The van der Waals surface area contributed by atoms with E-state index in [4.69, 9.17) is 24.4 Å². The summed E-state index contributed by atoms with van der Waals surface area (Å²) in [5, 5.41) is 18.6. The monoisotopic (exact) mass is 470 g/mol. The predicted octanol–water partition coefficient (Wildman–Crippen LogP) is 1.76. The summed E-state index contributed by atoms with van der Waals surface area (Å²) in [5.74, 6) is -1.56. The van der Waals surface area contributed by atoms with Gasteiger partial charge in [0.2, 0.25) is 6.79 Å². The van der Waals surface area contributed by atoms with Crippen LogP contribution in [0, 0.1) is 0 Å². The highest BCUT2D eigenvalue weighted by atomic mass is 16.7. The first-order valence-electron chi connectivity index (χ1n) is 10.6. The van der Waals surface area contributed by atoms with E-state index in [0.717, 1.165) is 19.6 Å². The van der Waals surface area contributed by atoms with Crippen LogP contribution in [0.1, 0.15) is 15.9 Å². The van der Waals surface area contributed by atoms with E-state index in [-0.39, 0.29) is 18.8 Å². The van der Waals surface area contributed by atoms with E-state index in [1.54, 1.807) is 18.2 Å². The maximum Gasteiger partial charge on any atom is 0.328 e. The number of carboxylic acids is 2. The fraction of sp³-hybridized carbons (Fsp3) is 0.292.